The molecule has 9 heteroatoms. The fraction of sp³-hybridized carbons (Fsp3) is 0.414. The number of benzene rings is 2. The van der Waals surface area contributed by atoms with E-state index in [1.807, 2.05) is 48.5 Å². The number of nitrogens with zero attached hydrogens (tertiary/aromatic N) is 3. The summed E-state index contributed by atoms with van der Waals surface area (Å²) in [6.45, 7) is 4.77. The van der Waals surface area contributed by atoms with Crippen LogP contribution in [0.2, 0.25) is 0 Å². The minimum absolute atomic E-state index is 0.157. The van der Waals surface area contributed by atoms with E-state index in [1.165, 1.54) is 0 Å². The van der Waals surface area contributed by atoms with Crippen molar-refractivity contribution < 1.29 is 18.9 Å². The van der Waals surface area contributed by atoms with Gasteiger partial charge in [-0.05, 0) is 53.9 Å². The first-order chi connectivity index (χ1) is 18.7. The molecule has 38 heavy (non-hydrogen) atoms. The molecule has 3 atom stereocenters. The summed E-state index contributed by atoms with van der Waals surface area (Å²) < 4.78 is 23.4. The SMILES string of the molecule is COCCCN1CCOc2ccc(CO[C@H]3CNC[C@@H](N=O)[C@@H]3c3ccc(Oc4ccncc4)cc3)cc21. The van der Waals surface area contributed by atoms with Crippen LogP contribution in [0.5, 0.6) is 17.2 Å². The van der Waals surface area contributed by atoms with Crippen LogP contribution in [0.3, 0.4) is 0 Å². The predicted molar refractivity (Wildman–Crippen MR) is 145 cm³/mol. The second kappa shape index (κ2) is 12.8. The summed E-state index contributed by atoms with van der Waals surface area (Å²) in [6.07, 6.45) is 4.13. The first kappa shape index (κ1) is 26.1. The van der Waals surface area contributed by atoms with Gasteiger partial charge in [-0.2, -0.15) is 4.91 Å². The van der Waals surface area contributed by atoms with Crippen molar-refractivity contribution >= 4 is 5.69 Å². The van der Waals surface area contributed by atoms with Gasteiger partial charge in [-0.25, -0.2) is 0 Å². The highest BCUT2D eigenvalue weighted by Gasteiger charge is 2.36. The van der Waals surface area contributed by atoms with Gasteiger partial charge in [-0.3, -0.25) is 4.98 Å². The van der Waals surface area contributed by atoms with Gasteiger partial charge in [0.1, 0.15) is 29.9 Å². The number of fused-ring (bicyclic) bond motifs is 1. The molecular weight excluding hydrogens is 484 g/mol. The van der Waals surface area contributed by atoms with E-state index in [9.17, 15) is 4.91 Å². The molecule has 0 amide bonds. The Bertz CT molecular complexity index is 1180. The molecule has 1 saturated heterocycles. The maximum atomic E-state index is 11.8. The number of pyridine rings is 1. The topological polar surface area (TPSA) is 94.5 Å². The largest absolute Gasteiger partial charge is 0.490 e. The fourth-order valence-electron chi connectivity index (χ4n) is 5.12. The number of nitrogens with one attached hydrogen (secondary N) is 1. The van der Waals surface area contributed by atoms with Gasteiger partial charge in [-0.15, -0.1) is 0 Å². The van der Waals surface area contributed by atoms with Crippen molar-refractivity contribution in [3.05, 3.63) is 83.0 Å². The lowest BCUT2D eigenvalue weighted by atomic mass is 9.84. The summed E-state index contributed by atoms with van der Waals surface area (Å²) in [5.41, 5.74) is 3.15. The Morgan fingerprint density at radius 2 is 1.89 bits per heavy atom. The Morgan fingerprint density at radius 1 is 1.08 bits per heavy atom. The summed E-state index contributed by atoms with van der Waals surface area (Å²) in [4.78, 5) is 18.1. The van der Waals surface area contributed by atoms with Crippen molar-refractivity contribution in [2.24, 2.45) is 5.18 Å². The smallest absolute Gasteiger partial charge is 0.142 e. The Hall–Kier alpha value is -3.53. The van der Waals surface area contributed by atoms with Gasteiger partial charge in [0.15, 0.2) is 0 Å². The number of hydrogen-bond acceptors (Lipinski definition) is 9. The van der Waals surface area contributed by atoms with Crippen molar-refractivity contribution in [1.29, 1.82) is 0 Å². The maximum Gasteiger partial charge on any atom is 0.142 e. The Kier molecular flexibility index (Phi) is 8.80. The highest BCUT2D eigenvalue weighted by molar-refractivity contribution is 5.61. The van der Waals surface area contributed by atoms with E-state index >= 15 is 0 Å². The number of methoxy groups -OCH3 is 1. The summed E-state index contributed by atoms with van der Waals surface area (Å²) in [5, 5.41) is 6.75. The number of piperidine rings is 1. The molecule has 2 aliphatic rings. The molecule has 2 aliphatic heterocycles. The fourth-order valence-corrected chi connectivity index (χ4v) is 5.12. The number of hydrogen-bond donors (Lipinski definition) is 1. The number of ether oxygens (including phenoxy) is 4. The molecule has 3 heterocycles. The van der Waals surface area contributed by atoms with Crippen LogP contribution in [0.15, 0.2) is 72.2 Å². The van der Waals surface area contributed by atoms with Crippen LogP contribution >= 0.6 is 0 Å². The van der Waals surface area contributed by atoms with Crippen molar-refractivity contribution in [2.75, 3.05) is 51.4 Å². The van der Waals surface area contributed by atoms with Gasteiger partial charge in [0.25, 0.3) is 0 Å². The maximum absolute atomic E-state index is 11.8. The van der Waals surface area contributed by atoms with Gasteiger partial charge in [0.05, 0.1) is 24.9 Å². The Balaban J connectivity index is 1.28. The van der Waals surface area contributed by atoms with Crippen LogP contribution in [0.25, 0.3) is 0 Å². The lowest BCUT2D eigenvalue weighted by molar-refractivity contribution is 0.00539. The van der Waals surface area contributed by atoms with Crippen molar-refractivity contribution in [3.63, 3.8) is 0 Å². The minimum Gasteiger partial charge on any atom is -0.490 e. The number of nitroso groups, excluding NO2 is 1. The average Bonchev–Trinajstić information content (AvgIpc) is 2.97. The molecule has 0 unspecified atom stereocenters. The molecule has 3 aromatic rings. The lowest BCUT2D eigenvalue weighted by Crippen LogP contribution is -2.48. The van der Waals surface area contributed by atoms with Crippen LogP contribution in [-0.2, 0) is 16.1 Å². The van der Waals surface area contributed by atoms with E-state index in [0.29, 0.717) is 32.1 Å². The van der Waals surface area contributed by atoms with E-state index in [-0.39, 0.29) is 12.0 Å². The van der Waals surface area contributed by atoms with Gasteiger partial charge in [-0.1, -0.05) is 23.4 Å². The molecule has 0 saturated carbocycles. The van der Waals surface area contributed by atoms with Gasteiger partial charge < -0.3 is 29.2 Å². The average molecular weight is 519 g/mol. The molecule has 0 aliphatic carbocycles. The van der Waals surface area contributed by atoms with Crippen molar-refractivity contribution in [1.82, 2.24) is 10.3 Å². The predicted octanol–water partition coefficient (Wildman–Crippen LogP) is 4.52. The standard InChI is InChI=1S/C29H34N4O5/c1-35-15-2-13-33-14-16-36-27-8-3-21(17-26(27)33)20-37-28-19-31-18-25(32-34)29(28)22-4-6-23(7-5-22)38-24-9-11-30-12-10-24/h3-12,17,25,28-29,31H,2,13-16,18-20H2,1H3/t25-,28+,29+/m1/s1. The molecule has 0 spiro atoms. The zero-order valence-electron chi connectivity index (χ0n) is 21.6. The highest BCUT2D eigenvalue weighted by atomic mass is 16.5. The third-order valence-electron chi connectivity index (χ3n) is 7.02. The number of rotatable bonds is 11. The lowest BCUT2D eigenvalue weighted by Gasteiger charge is -2.36. The van der Waals surface area contributed by atoms with E-state index in [1.54, 1.807) is 19.5 Å². The summed E-state index contributed by atoms with van der Waals surface area (Å²) >= 11 is 0. The van der Waals surface area contributed by atoms with Crippen LogP contribution in [0.4, 0.5) is 5.69 Å². The molecule has 5 rings (SSSR count). The van der Waals surface area contributed by atoms with E-state index in [0.717, 1.165) is 54.4 Å². The molecule has 9 nitrogen and oxygen atoms in total. The third kappa shape index (κ3) is 6.30. The third-order valence-corrected chi connectivity index (χ3v) is 7.02. The Labute approximate surface area is 223 Å². The second-order valence-electron chi connectivity index (χ2n) is 9.54. The summed E-state index contributed by atoms with van der Waals surface area (Å²) in [6, 6.07) is 17.2. The van der Waals surface area contributed by atoms with Crippen LogP contribution in [0, 0.1) is 4.91 Å². The molecule has 2 aromatic carbocycles. The van der Waals surface area contributed by atoms with E-state index in [4.69, 9.17) is 18.9 Å². The Morgan fingerprint density at radius 3 is 2.68 bits per heavy atom. The van der Waals surface area contributed by atoms with Gasteiger partial charge in [0.2, 0.25) is 0 Å². The quantitative estimate of drug-likeness (QED) is 0.293. The summed E-state index contributed by atoms with van der Waals surface area (Å²) in [5.74, 6) is 2.17. The van der Waals surface area contributed by atoms with Gasteiger partial charge in [0, 0.05) is 51.7 Å². The summed E-state index contributed by atoms with van der Waals surface area (Å²) in [7, 11) is 1.73. The van der Waals surface area contributed by atoms with Gasteiger partial charge >= 0.3 is 0 Å². The second-order valence-corrected chi connectivity index (χ2v) is 9.54. The highest BCUT2D eigenvalue weighted by Crippen LogP contribution is 2.35. The van der Waals surface area contributed by atoms with Crippen molar-refractivity contribution in [2.45, 2.75) is 31.1 Å². The van der Waals surface area contributed by atoms with Crippen LogP contribution < -0.4 is 19.7 Å². The van der Waals surface area contributed by atoms with Crippen LogP contribution in [0.1, 0.15) is 23.5 Å². The van der Waals surface area contributed by atoms with Crippen LogP contribution in [-0.4, -0.2) is 63.6 Å². The molecule has 1 fully saturated rings. The van der Waals surface area contributed by atoms with E-state index in [2.05, 4.69) is 26.4 Å². The zero-order valence-corrected chi connectivity index (χ0v) is 21.6. The minimum atomic E-state index is -0.422. The monoisotopic (exact) mass is 518 g/mol. The number of anilines is 1. The molecule has 1 N–H and O–H groups in total. The molecule has 200 valence electrons. The number of aromatic nitrogens is 1. The molecule has 0 radical (unpaired) electrons. The zero-order chi connectivity index (χ0) is 26.2. The normalized spacial score (nSPS) is 20.9. The van der Waals surface area contributed by atoms with Crippen molar-refractivity contribution in [3.8, 4) is 17.2 Å². The molecule has 1 aromatic heterocycles. The van der Waals surface area contributed by atoms with E-state index < -0.39 is 6.04 Å². The molecular formula is C29H34N4O5. The molecule has 0 bridgehead atoms. The first-order valence-electron chi connectivity index (χ1n) is 13.1. The first-order valence-corrected chi connectivity index (χ1v) is 13.1.